The van der Waals surface area contributed by atoms with E-state index in [1.54, 1.807) is 30.3 Å². The molecule has 1 saturated heterocycles. The Morgan fingerprint density at radius 3 is 2.38 bits per heavy atom. The molecule has 0 aliphatic carbocycles. The lowest BCUT2D eigenvalue weighted by atomic mass is 10.1. The maximum atomic E-state index is 12.8. The molecule has 2 amide bonds. The number of rotatable bonds is 5. The van der Waals surface area contributed by atoms with Crippen LogP contribution in [0.25, 0.3) is 0 Å². The Morgan fingerprint density at radius 1 is 1.12 bits per heavy atom. The van der Waals surface area contributed by atoms with Crippen LogP contribution in [0.2, 0.25) is 0 Å². The van der Waals surface area contributed by atoms with E-state index in [-0.39, 0.29) is 17.7 Å². The highest BCUT2D eigenvalue weighted by molar-refractivity contribution is 7.89. The van der Waals surface area contributed by atoms with Gasteiger partial charge in [-0.1, -0.05) is 37.3 Å². The minimum atomic E-state index is -4.06. The van der Waals surface area contributed by atoms with Gasteiger partial charge in [0.05, 0.1) is 4.90 Å². The summed E-state index contributed by atoms with van der Waals surface area (Å²) in [5.41, 5.74) is 1.70. The fraction of sp³-hybridized carbons (Fsp3) is 0.263. The van der Waals surface area contributed by atoms with Gasteiger partial charge in [0.1, 0.15) is 6.04 Å². The SMILES string of the molecule is CCc1ccc(NC(=O)[C@H]2CCC(=O)N2S(=O)(=O)c2ccccc2)cc1. The highest BCUT2D eigenvalue weighted by atomic mass is 32.2. The van der Waals surface area contributed by atoms with Crippen molar-refractivity contribution in [2.75, 3.05) is 5.32 Å². The average Bonchev–Trinajstić information content (AvgIpc) is 3.05. The maximum Gasteiger partial charge on any atom is 0.267 e. The number of amides is 2. The molecule has 26 heavy (non-hydrogen) atoms. The lowest BCUT2D eigenvalue weighted by Crippen LogP contribution is -2.45. The molecular weight excluding hydrogens is 352 g/mol. The van der Waals surface area contributed by atoms with Crippen molar-refractivity contribution in [3.05, 3.63) is 60.2 Å². The average molecular weight is 372 g/mol. The van der Waals surface area contributed by atoms with E-state index < -0.39 is 27.9 Å². The van der Waals surface area contributed by atoms with E-state index in [0.717, 1.165) is 16.3 Å². The van der Waals surface area contributed by atoms with Gasteiger partial charge in [-0.15, -0.1) is 0 Å². The first kappa shape index (κ1) is 18.1. The van der Waals surface area contributed by atoms with Gasteiger partial charge < -0.3 is 5.32 Å². The minimum absolute atomic E-state index is 0.000323. The smallest absolute Gasteiger partial charge is 0.267 e. The van der Waals surface area contributed by atoms with Crippen LogP contribution in [0.3, 0.4) is 0 Å². The Hall–Kier alpha value is -2.67. The zero-order valence-corrected chi connectivity index (χ0v) is 15.2. The Balaban J connectivity index is 1.84. The summed E-state index contributed by atoms with van der Waals surface area (Å²) < 4.78 is 26.4. The molecule has 2 aromatic rings. The van der Waals surface area contributed by atoms with Gasteiger partial charge in [0, 0.05) is 12.1 Å². The van der Waals surface area contributed by atoms with E-state index in [9.17, 15) is 18.0 Å². The highest BCUT2D eigenvalue weighted by Gasteiger charge is 2.44. The summed E-state index contributed by atoms with van der Waals surface area (Å²) in [6, 6.07) is 14.0. The molecule has 1 N–H and O–H groups in total. The minimum Gasteiger partial charge on any atom is -0.324 e. The molecule has 1 fully saturated rings. The van der Waals surface area contributed by atoms with E-state index in [1.807, 2.05) is 19.1 Å². The number of nitrogens with one attached hydrogen (secondary N) is 1. The molecule has 1 aliphatic heterocycles. The maximum absolute atomic E-state index is 12.8. The number of hydrogen-bond acceptors (Lipinski definition) is 4. The van der Waals surface area contributed by atoms with Crippen molar-refractivity contribution in [1.29, 1.82) is 0 Å². The molecule has 2 aromatic carbocycles. The Kier molecular flexibility index (Phi) is 5.08. The number of hydrogen-bond donors (Lipinski definition) is 1. The third-order valence-electron chi connectivity index (χ3n) is 4.39. The van der Waals surface area contributed by atoms with Gasteiger partial charge in [0.15, 0.2) is 0 Å². The Morgan fingerprint density at radius 2 is 1.77 bits per heavy atom. The van der Waals surface area contributed by atoms with Crippen LogP contribution in [-0.4, -0.2) is 30.6 Å². The van der Waals surface area contributed by atoms with E-state index in [4.69, 9.17) is 0 Å². The molecule has 136 valence electrons. The number of carbonyl (C=O) groups is 2. The molecule has 0 bridgehead atoms. The molecule has 7 heteroatoms. The first-order valence-electron chi connectivity index (χ1n) is 8.45. The van der Waals surface area contributed by atoms with Crippen LogP contribution in [0, 0.1) is 0 Å². The van der Waals surface area contributed by atoms with Crippen LogP contribution in [0.5, 0.6) is 0 Å². The zero-order valence-electron chi connectivity index (χ0n) is 14.4. The van der Waals surface area contributed by atoms with Gasteiger partial charge in [-0.2, -0.15) is 0 Å². The van der Waals surface area contributed by atoms with Gasteiger partial charge in [0.25, 0.3) is 10.0 Å². The number of carbonyl (C=O) groups excluding carboxylic acids is 2. The molecular formula is C19H20N2O4S. The third-order valence-corrected chi connectivity index (χ3v) is 6.24. The van der Waals surface area contributed by atoms with Gasteiger partial charge in [-0.25, -0.2) is 12.7 Å². The Bertz CT molecular complexity index is 908. The van der Waals surface area contributed by atoms with Crippen molar-refractivity contribution in [2.45, 2.75) is 37.1 Å². The van der Waals surface area contributed by atoms with Gasteiger partial charge in [-0.05, 0) is 42.7 Å². The van der Waals surface area contributed by atoms with Crippen molar-refractivity contribution in [3.63, 3.8) is 0 Å². The van der Waals surface area contributed by atoms with Crippen LogP contribution >= 0.6 is 0 Å². The molecule has 3 rings (SSSR count). The van der Waals surface area contributed by atoms with Crippen LogP contribution in [0.1, 0.15) is 25.3 Å². The summed E-state index contributed by atoms with van der Waals surface area (Å²) in [5, 5.41) is 2.71. The van der Waals surface area contributed by atoms with E-state index in [0.29, 0.717) is 5.69 Å². The van der Waals surface area contributed by atoms with Crippen molar-refractivity contribution < 1.29 is 18.0 Å². The third kappa shape index (κ3) is 3.48. The largest absolute Gasteiger partial charge is 0.324 e. The van der Waals surface area contributed by atoms with Gasteiger partial charge in [-0.3, -0.25) is 9.59 Å². The zero-order chi connectivity index (χ0) is 18.7. The molecule has 0 spiro atoms. The Labute approximate surface area is 152 Å². The predicted molar refractivity (Wildman–Crippen MR) is 97.9 cm³/mol. The molecule has 0 saturated carbocycles. The number of sulfonamides is 1. The number of nitrogens with zero attached hydrogens (tertiary/aromatic N) is 1. The molecule has 0 aromatic heterocycles. The van der Waals surface area contributed by atoms with Crippen molar-refractivity contribution >= 4 is 27.5 Å². The second-order valence-corrected chi connectivity index (χ2v) is 7.92. The molecule has 0 unspecified atom stereocenters. The summed E-state index contributed by atoms with van der Waals surface area (Å²) in [5.74, 6) is -1.06. The van der Waals surface area contributed by atoms with Crippen LogP contribution in [-0.2, 0) is 26.0 Å². The molecule has 0 radical (unpaired) electrons. The van der Waals surface area contributed by atoms with E-state index in [2.05, 4.69) is 5.32 Å². The monoisotopic (exact) mass is 372 g/mol. The van der Waals surface area contributed by atoms with Crippen LogP contribution in [0.4, 0.5) is 5.69 Å². The summed E-state index contributed by atoms with van der Waals surface area (Å²) >= 11 is 0. The summed E-state index contributed by atoms with van der Waals surface area (Å²) in [7, 11) is -4.06. The molecule has 1 atom stereocenters. The normalized spacial score (nSPS) is 17.3. The van der Waals surface area contributed by atoms with Crippen molar-refractivity contribution in [3.8, 4) is 0 Å². The second-order valence-electron chi connectivity index (χ2n) is 6.10. The lowest BCUT2D eigenvalue weighted by Gasteiger charge is -2.23. The molecule has 1 aliphatic rings. The van der Waals surface area contributed by atoms with Gasteiger partial charge >= 0.3 is 0 Å². The molecule has 6 nitrogen and oxygen atoms in total. The second kappa shape index (κ2) is 7.29. The first-order valence-corrected chi connectivity index (χ1v) is 9.89. The number of benzene rings is 2. The molecule has 1 heterocycles. The number of aryl methyl sites for hydroxylation is 1. The number of anilines is 1. The fourth-order valence-electron chi connectivity index (χ4n) is 2.96. The fourth-order valence-corrected chi connectivity index (χ4v) is 4.58. The summed E-state index contributed by atoms with van der Waals surface area (Å²) in [4.78, 5) is 24.8. The highest BCUT2D eigenvalue weighted by Crippen LogP contribution is 2.28. The van der Waals surface area contributed by atoms with E-state index >= 15 is 0 Å². The topological polar surface area (TPSA) is 83.6 Å². The van der Waals surface area contributed by atoms with Crippen molar-refractivity contribution in [2.24, 2.45) is 0 Å². The first-order chi connectivity index (χ1) is 12.4. The van der Waals surface area contributed by atoms with Crippen molar-refractivity contribution in [1.82, 2.24) is 4.31 Å². The van der Waals surface area contributed by atoms with Gasteiger partial charge in [0.2, 0.25) is 11.8 Å². The summed E-state index contributed by atoms with van der Waals surface area (Å²) in [6.45, 7) is 2.03. The standard InChI is InChI=1S/C19H20N2O4S/c1-2-14-8-10-15(11-9-14)20-19(23)17-12-13-18(22)21(17)26(24,25)16-6-4-3-5-7-16/h3-11,17H,2,12-13H2,1H3,(H,20,23)/t17-/m1/s1. The van der Waals surface area contributed by atoms with E-state index in [1.165, 1.54) is 12.1 Å². The van der Waals surface area contributed by atoms with Crippen LogP contribution in [0.15, 0.2) is 59.5 Å². The lowest BCUT2D eigenvalue weighted by molar-refractivity contribution is -0.128. The summed E-state index contributed by atoms with van der Waals surface area (Å²) in [6.07, 6.45) is 1.08. The quantitative estimate of drug-likeness (QED) is 0.874. The predicted octanol–water partition coefficient (Wildman–Crippen LogP) is 2.57. The van der Waals surface area contributed by atoms with Crippen LogP contribution < -0.4 is 5.32 Å².